The van der Waals surface area contributed by atoms with Crippen LogP contribution in [0.4, 0.5) is 11.4 Å². The average molecular weight is 416 g/mol. The summed E-state index contributed by atoms with van der Waals surface area (Å²) >= 11 is 7.69. The first-order chi connectivity index (χ1) is 13.6. The maximum atomic E-state index is 12.6. The fraction of sp³-hybridized carbons (Fsp3) is 0.333. The molecule has 1 fully saturated rings. The van der Waals surface area contributed by atoms with Crippen LogP contribution in [0, 0.1) is 0 Å². The molecule has 2 aromatic carbocycles. The van der Waals surface area contributed by atoms with E-state index in [4.69, 9.17) is 11.6 Å². The number of nitrogens with zero attached hydrogens (tertiary/aromatic N) is 2. The fourth-order valence-electron chi connectivity index (χ4n) is 3.65. The smallest absolute Gasteiger partial charge is 0.317 e. The molecule has 1 saturated heterocycles. The third-order valence-corrected chi connectivity index (χ3v) is 6.37. The summed E-state index contributed by atoms with van der Waals surface area (Å²) in [6.07, 6.45) is 3.63. The summed E-state index contributed by atoms with van der Waals surface area (Å²) < 4.78 is 2.08. The van der Waals surface area contributed by atoms with Gasteiger partial charge in [0.05, 0.1) is 24.2 Å². The fourth-order valence-corrected chi connectivity index (χ4v) is 4.64. The van der Waals surface area contributed by atoms with Gasteiger partial charge < -0.3 is 10.2 Å². The number of fused-ring (bicyclic) bond motifs is 1. The van der Waals surface area contributed by atoms with E-state index in [0.717, 1.165) is 40.7 Å². The van der Waals surface area contributed by atoms with E-state index in [-0.39, 0.29) is 5.91 Å². The number of para-hydroxylation sites is 2. The number of hydrogen-bond acceptors (Lipinski definition) is 3. The zero-order chi connectivity index (χ0) is 19.5. The summed E-state index contributed by atoms with van der Waals surface area (Å²) in [6.45, 7) is 2.04. The highest BCUT2D eigenvalue weighted by Gasteiger charge is 2.19. The van der Waals surface area contributed by atoms with E-state index in [1.165, 1.54) is 31.0 Å². The number of piperidine rings is 1. The number of benzene rings is 2. The lowest BCUT2D eigenvalue weighted by molar-refractivity contribution is -0.683. The molecule has 0 aliphatic carbocycles. The van der Waals surface area contributed by atoms with Crippen molar-refractivity contribution in [2.75, 3.05) is 29.1 Å². The Morgan fingerprint density at radius 2 is 2.00 bits per heavy atom. The summed E-state index contributed by atoms with van der Waals surface area (Å²) in [5.41, 5.74) is 4.03. The van der Waals surface area contributed by atoms with Crippen molar-refractivity contribution < 1.29 is 9.36 Å². The number of carbonyl (C=O) groups excluding carboxylic acids is 1. The molecule has 0 saturated carbocycles. The first-order valence-electron chi connectivity index (χ1n) is 9.56. The quantitative estimate of drug-likeness (QED) is 0.480. The number of aromatic nitrogens is 2. The zero-order valence-corrected chi connectivity index (χ0v) is 17.4. The lowest BCUT2D eigenvalue weighted by atomic mass is 10.1. The van der Waals surface area contributed by atoms with Crippen LogP contribution in [0.5, 0.6) is 0 Å². The highest BCUT2D eigenvalue weighted by atomic mass is 35.5. The molecule has 2 heterocycles. The lowest BCUT2D eigenvalue weighted by Crippen LogP contribution is -2.31. The highest BCUT2D eigenvalue weighted by molar-refractivity contribution is 7.99. The van der Waals surface area contributed by atoms with E-state index in [1.54, 1.807) is 0 Å². The Hall–Kier alpha value is -2.18. The predicted octanol–water partition coefficient (Wildman–Crippen LogP) is 4.37. The van der Waals surface area contributed by atoms with Crippen molar-refractivity contribution in [3.63, 3.8) is 0 Å². The largest absolute Gasteiger partial charge is 0.370 e. The van der Waals surface area contributed by atoms with Crippen molar-refractivity contribution in [2.45, 2.75) is 24.4 Å². The van der Waals surface area contributed by atoms with Crippen LogP contribution < -0.4 is 14.8 Å². The minimum atomic E-state index is -0.0378. The first-order valence-corrected chi connectivity index (χ1v) is 10.9. The van der Waals surface area contributed by atoms with Gasteiger partial charge in [-0.15, -0.1) is 0 Å². The standard InChI is InChI=1S/C21H23ClN4OS/c1-25-18-8-4-3-7-16(18)24-21(25)28-14-20(27)23-17-13-15(22)9-10-19(17)26-11-5-2-6-12-26/h3-4,7-10,13H,2,5-6,11-12,14H2,1H3,(H,23,27)/p+1. The molecular formula is C21H24ClN4OS+. The van der Waals surface area contributed by atoms with Crippen LogP contribution in [0.1, 0.15) is 19.3 Å². The number of aryl methyl sites for hydroxylation is 1. The molecule has 1 aliphatic heterocycles. The molecule has 146 valence electrons. The van der Waals surface area contributed by atoms with Gasteiger partial charge in [-0.1, -0.05) is 23.7 Å². The van der Waals surface area contributed by atoms with Crippen molar-refractivity contribution in [1.29, 1.82) is 0 Å². The van der Waals surface area contributed by atoms with Gasteiger partial charge in [0.15, 0.2) is 11.0 Å². The first kappa shape index (κ1) is 19.2. The summed E-state index contributed by atoms with van der Waals surface area (Å²) in [7, 11) is 2.00. The number of H-pyrrole nitrogens is 1. The van der Waals surface area contributed by atoms with Crippen LogP contribution in [0.2, 0.25) is 5.02 Å². The van der Waals surface area contributed by atoms with Crippen molar-refractivity contribution in [3.05, 3.63) is 47.5 Å². The van der Waals surface area contributed by atoms with Crippen LogP contribution in [-0.2, 0) is 11.8 Å². The molecule has 0 spiro atoms. The van der Waals surface area contributed by atoms with Gasteiger partial charge >= 0.3 is 5.16 Å². The SMILES string of the molecule is C[n+]1c(SCC(=O)Nc2cc(Cl)ccc2N2CCCCC2)[nH]c2ccccc21. The van der Waals surface area contributed by atoms with Crippen molar-refractivity contribution in [1.82, 2.24) is 4.98 Å². The molecule has 5 nitrogen and oxygen atoms in total. The number of anilines is 2. The number of aromatic amines is 1. The average Bonchev–Trinajstić information content (AvgIpc) is 3.03. The number of imidazole rings is 1. The van der Waals surface area contributed by atoms with Crippen LogP contribution in [0.15, 0.2) is 47.6 Å². The number of halogens is 1. The number of hydrogen-bond donors (Lipinski definition) is 2. The highest BCUT2D eigenvalue weighted by Crippen LogP contribution is 2.31. The third-order valence-electron chi connectivity index (χ3n) is 5.08. The molecule has 1 aliphatic rings. The molecule has 3 aromatic rings. The van der Waals surface area contributed by atoms with Crippen LogP contribution in [0.3, 0.4) is 0 Å². The van der Waals surface area contributed by atoms with Gasteiger partial charge in [-0.25, -0.2) is 9.55 Å². The van der Waals surface area contributed by atoms with E-state index in [2.05, 4.69) is 25.8 Å². The number of thioether (sulfide) groups is 1. The molecule has 1 amide bonds. The minimum absolute atomic E-state index is 0.0378. The van der Waals surface area contributed by atoms with Crippen molar-refractivity contribution in [3.8, 4) is 0 Å². The Balaban J connectivity index is 1.46. The Bertz CT molecular complexity index is 997. The lowest BCUT2D eigenvalue weighted by Gasteiger charge is -2.30. The number of nitrogens with one attached hydrogen (secondary N) is 2. The molecular weight excluding hydrogens is 392 g/mol. The summed E-state index contributed by atoms with van der Waals surface area (Å²) in [6, 6.07) is 13.9. The number of carbonyl (C=O) groups is 1. The third kappa shape index (κ3) is 4.13. The van der Waals surface area contributed by atoms with Gasteiger partial charge in [-0.3, -0.25) is 4.79 Å². The summed E-state index contributed by atoms with van der Waals surface area (Å²) in [5.74, 6) is 0.288. The van der Waals surface area contributed by atoms with Crippen LogP contribution >= 0.6 is 23.4 Å². The van der Waals surface area contributed by atoms with Gasteiger partial charge in [0.25, 0.3) is 0 Å². The van der Waals surface area contributed by atoms with Crippen molar-refractivity contribution >= 4 is 51.7 Å². The van der Waals surface area contributed by atoms with E-state index < -0.39 is 0 Å². The van der Waals surface area contributed by atoms with E-state index in [9.17, 15) is 4.79 Å². The van der Waals surface area contributed by atoms with Crippen molar-refractivity contribution in [2.24, 2.45) is 7.05 Å². The molecule has 1 aromatic heterocycles. The molecule has 0 unspecified atom stereocenters. The topological polar surface area (TPSA) is 52.0 Å². The summed E-state index contributed by atoms with van der Waals surface area (Å²) in [4.78, 5) is 18.3. The number of rotatable bonds is 5. The van der Waals surface area contributed by atoms with Gasteiger partial charge in [0, 0.05) is 18.1 Å². The van der Waals surface area contributed by atoms with Gasteiger partial charge in [0.1, 0.15) is 0 Å². The maximum absolute atomic E-state index is 12.6. The van der Waals surface area contributed by atoms with Gasteiger partial charge in [-0.2, -0.15) is 0 Å². The molecule has 7 heteroatoms. The van der Waals surface area contributed by atoms with Crippen LogP contribution in [0.25, 0.3) is 11.0 Å². The summed E-state index contributed by atoms with van der Waals surface area (Å²) in [5, 5.41) is 4.65. The second kappa shape index (κ2) is 8.45. The van der Waals surface area contributed by atoms with E-state index >= 15 is 0 Å². The predicted molar refractivity (Wildman–Crippen MR) is 116 cm³/mol. The van der Waals surface area contributed by atoms with Gasteiger partial charge in [0.2, 0.25) is 5.91 Å². The Labute approximate surface area is 174 Å². The second-order valence-corrected chi connectivity index (χ2v) is 8.45. The van der Waals surface area contributed by atoms with Crippen LogP contribution in [-0.4, -0.2) is 29.7 Å². The Kier molecular flexibility index (Phi) is 5.78. The minimum Gasteiger partial charge on any atom is -0.370 e. The monoisotopic (exact) mass is 415 g/mol. The van der Waals surface area contributed by atoms with Gasteiger partial charge in [-0.05, 0) is 61.4 Å². The Morgan fingerprint density at radius 1 is 1.21 bits per heavy atom. The number of amides is 1. The van der Waals surface area contributed by atoms with E-state index in [0.29, 0.717) is 10.8 Å². The molecule has 0 atom stereocenters. The van der Waals surface area contributed by atoms with E-state index in [1.807, 2.05) is 43.4 Å². The molecule has 2 N–H and O–H groups in total. The maximum Gasteiger partial charge on any atom is 0.317 e. The zero-order valence-electron chi connectivity index (χ0n) is 15.9. The molecule has 4 rings (SSSR count). The molecule has 28 heavy (non-hydrogen) atoms. The molecule has 0 radical (unpaired) electrons. The second-order valence-electron chi connectivity index (χ2n) is 7.05. The molecule has 0 bridgehead atoms. The normalized spacial score (nSPS) is 14.4. The Morgan fingerprint density at radius 3 is 2.79 bits per heavy atom.